The zero-order valence-corrected chi connectivity index (χ0v) is 19.4. The molecule has 0 radical (unpaired) electrons. The van der Waals surface area contributed by atoms with Crippen molar-refractivity contribution in [3.05, 3.63) is 90.5 Å². The monoisotopic (exact) mass is 469 g/mol. The van der Waals surface area contributed by atoms with Crippen LogP contribution in [0.5, 0.6) is 0 Å². The molecule has 0 saturated heterocycles. The molecule has 0 heterocycles. The van der Waals surface area contributed by atoms with E-state index in [2.05, 4.69) is 98.8 Å². The molecule has 0 spiro atoms. The first-order valence-corrected chi connectivity index (χ1v) is 15.3. The van der Waals surface area contributed by atoms with Crippen LogP contribution in [-0.4, -0.2) is 0 Å². The van der Waals surface area contributed by atoms with E-state index < -0.39 is 20.8 Å². The standard InChI is InChI=1S/C24H21.2ClH.Zr/c1-17(2)20-15-19-11-8-14-23(24(19)16-20)22-13-7-6-12-21(22)18-9-4-3-5-10-18;;;/h3-17H,1-2H3;2*1H;/q-1;;;+2/p-2. The van der Waals surface area contributed by atoms with Gasteiger partial charge >= 0.3 is 37.9 Å². The van der Waals surface area contributed by atoms with Gasteiger partial charge in [0.15, 0.2) is 0 Å². The summed E-state index contributed by atoms with van der Waals surface area (Å²) >= 11 is -0.826. The molecule has 0 amide bonds. The first kappa shape index (κ1) is 20.5. The Hall–Kier alpha value is -1.27. The molecule has 4 aromatic carbocycles. The third kappa shape index (κ3) is 4.78. The molecule has 0 unspecified atom stereocenters. The molecule has 0 N–H and O–H groups in total. The van der Waals surface area contributed by atoms with E-state index in [4.69, 9.17) is 17.0 Å². The SMILES string of the molecule is CC(C)c1cc2c(-c3ccccc3-c3ccccc3)cccc2[cH-]1.[Cl][Zr][Cl]. The number of benzene rings is 3. The van der Waals surface area contributed by atoms with Crippen LogP contribution in [0.2, 0.25) is 0 Å². The van der Waals surface area contributed by atoms with Gasteiger partial charge in [-0.05, 0) is 22.6 Å². The number of fused-ring (bicyclic) bond motifs is 1. The van der Waals surface area contributed by atoms with Crippen LogP contribution in [0.1, 0.15) is 25.3 Å². The van der Waals surface area contributed by atoms with Crippen molar-refractivity contribution >= 4 is 27.8 Å². The van der Waals surface area contributed by atoms with Gasteiger partial charge in [0.05, 0.1) is 0 Å². The van der Waals surface area contributed by atoms with Crippen LogP contribution in [-0.2, 0) is 20.8 Å². The summed E-state index contributed by atoms with van der Waals surface area (Å²) in [6, 6.07) is 30.7. The Kier molecular flexibility index (Phi) is 7.42. The Morgan fingerprint density at radius 3 is 2.00 bits per heavy atom. The number of hydrogen-bond donors (Lipinski definition) is 0. The van der Waals surface area contributed by atoms with Crippen LogP contribution in [0, 0.1) is 0 Å². The second-order valence-corrected chi connectivity index (χ2v) is 10.5. The maximum absolute atomic E-state index is 4.93. The van der Waals surface area contributed by atoms with E-state index in [1.54, 1.807) is 0 Å². The summed E-state index contributed by atoms with van der Waals surface area (Å²) < 4.78 is 0. The summed E-state index contributed by atoms with van der Waals surface area (Å²) in [6.45, 7) is 4.51. The van der Waals surface area contributed by atoms with Crippen LogP contribution in [0.3, 0.4) is 0 Å². The molecule has 27 heavy (non-hydrogen) atoms. The number of halogens is 2. The fourth-order valence-corrected chi connectivity index (χ4v) is 3.41. The van der Waals surface area contributed by atoms with Crippen molar-refractivity contribution in [3.8, 4) is 22.3 Å². The van der Waals surface area contributed by atoms with E-state index in [1.165, 1.54) is 38.6 Å². The summed E-state index contributed by atoms with van der Waals surface area (Å²) in [5, 5.41) is 2.68. The molecule has 0 saturated carbocycles. The third-order valence-corrected chi connectivity index (χ3v) is 4.74. The van der Waals surface area contributed by atoms with Crippen molar-refractivity contribution in [1.82, 2.24) is 0 Å². The average Bonchev–Trinajstić information content (AvgIpc) is 3.14. The van der Waals surface area contributed by atoms with Crippen molar-refractivity contribution in [1.29, 1.82) is 0 Å². The number of rotatable bonds is 3. The summed E-state index contributed by atoms with van der Waals surface area (Å²) in [5.41, 5.74) is 6.59. The van der Waals surface area contributed by atoms with Crippen molar-refractivity contribution in [2.45, 2.75) is 19.8 Å². The molecular weight excluding hydrogens is 450 g/mol. The van der Waals surface area contributed by atoms with Gasteiger partial charge in [-0.1, -0.05) is 80.1 Å². The van der Waals surface area contributed by atoms with E-state index in [0.29, 0.717) is 5.92 Å². The first-order chi connectivity index (χ1) is 13.2. The minimum atomic E-state index is -0.826. The fourth-order valence-electron chi connectivity index (χ4n) is 3.41. The van der Waals surface area contributed by atoms with E-state index in [1.807, 2.05) is 0 Å². The number of hydrogen-bond acceptors (Lipinski definition) is 0. The van der Waals surface area contributed by atoms with Crippen molar-refractivity contribution in [2.75, 3.05) is 0 Å². The molecule has 0 nitrogen and oxygen atoms in total. The molecule has 136 valence electrons. The van der Waals surface area contributed by atoms with Gasteiger partial charge in [-0.15, -0.1) is 34.5 Å². The van der Waals surface area contributed by atoms with E-state index >= 15 is 0 Å². The average molecular weight is 472 g/mol. The third-order valence-electron chi connectivity index (χ3n) is 4.74. The van der Waals surface area contributed by atoms with E-state index in [0.717, 1.165) is 0 Å². The maximum atomic E-state index is 4.93. The molecule has 0 aromatic heterocycles. The van der Waals surface area contributed by atoms with Gasteiger partial charge < -0.3 is 0 Å². The normalized spacial score (nSPS) is 10.6. The molecular formula is C24H21Cl2Zr-. The van der Waals surface area contributed by atoms with Gasteiger partial charge in [0.2, 0.25) is 0 Å². The molecule has 4 rings (SSSR count). The van der Waals surface area contributed by atoms with Gasteiger partial charge in [0.1, 0.15) is 0 Å². The van der Waals surface area contributed by atoms with Crippen LogP contribution >= 0.6 is 17.0 Å². The Bertz CT molecular complexity index is 1000. The zero-order valence-electron chi connectivity index (χ0n) is 15.4. The van der Waals surface area contributed by atoms with E-state index in [9.17, 15) is 0 Å². The van der Waals surface area contributed by atoms with Crippen LogP contribution in [0.25, 0.3) is 33.0 Å². The summed E-state index contributed by atoms with van der Waals surface area (Å²) in [5.74, 6) is 0.551. The predicted molar refractivity (Wildman–Crippen MR) is 116 cm³/mol. The zero-order chi connectivity index (χ0) is 19.2. The van der Waals surface area contributed by atoms with Crippen LogP contribution in [0.4, 0.5) is 0 Å². The van der Waals surface area contributed by atoms with Gasteiger partial charge in [-0.25, -0.2) is 0 Å². The Balaban J connectivity index is 0.000000659. The minimum absolute atomic E-state index is 0.551. The fraction of sp³-hybridized carbons (Fsp3) is 0.125. The van der Waals surface area contributed by atoms with Crippen molar-refractivity contribution in [3.63, 3.8) is 0 Å². The molecule has 0 aliphatic heterocycles. The summed E-state index contributed by atoms with van der Waals surface area (Å²) in [6.07, 6.45) is 0. The van der Waals surface area contributed by atoms with Gasteiger partial charge in [-0.3, -0.25) is 0 Å². The molecule has 0 bridgehead atoms. The second-order valence-electron chi connectivity index (χ2n) is 6.73. The Labute approximate surface area is 180 Å². The van der Waals surface area contributed by atoms with Crippen LogP contribution < -0.4 is 0 Å². The quantitative estimate of drug-likeness (QED) is 0.263. The predicted octanol–water partition coefficient (Wildman–Crippen LogP) is 8.39. The van der Waals surface area contributed by atoms with Crippen molar-refractivity contribution < 1.29 is 20.8 Å². The topological polar surface area (TPSA) is 0 Å². The molecule has 0 aliphatic carbocycles. The molecule has 0 aliphatic rings. The molecule has 3 heteroatoms. The molecule has 0 atom stereocenters. The first-order valence-electron chi connectivity index (χ1n) is 8.96. The van der Waals surface area contributed by atoms with E-state index in [-0.39, 0.29) is 0 Å². The molecule has 4 aromatic rings. The van der Waals surface area contributed by atoms with Gasteiger partial charge in [0, 0.05) is 0 Å². The summed E-state index contributed by atoms with van der Waals surface area (Å²) in [4.78, 5) is 0. The Morgan fingerprint density at radius 2 is 1.33 bits per heavy atom. The van der Waals surface area contributed by atoms with Crippen LogP contribution in [0.15, 0.2) is 84.9 Å². The second kappa shape index (κ2) is 9.78. The molecule has 0 fully saturated rings. The van der Waals surface area contributed by atoms with Crippen molar-refractivity contribution in [2.24, 2.45) is 0 Å². The van der Waals surface area contributed by atoms with Gasteiger partial charge in [0.25, 0.3) is 0 Å². The van der Waals surface area contributed by atoms with Gasteiger partial charge in [-0.2, -0.15) is 6.07 Å². The Morgan fingerprint density at radius 1 is 0.741 bits per heavy atom. The summed E-state index contributed by atoms with van der Waals surface area (Å²) in [7, 11) is 9.87.